The smallest absolute Gasteiger partial charge is 0.255 e. The van der Waals surface area contributed by atoms with Crippen LogP contribution in [0.2, 0.25) is 0 Å². The molecule has 2 radical (unpaired) electrons. The van der Waals surface area contributed by atoms with Crippen LogP contribution in [0.5, 0.6) is 0 Å². The van der Waals surface area contributed by atoms with Crippen LogP contribution in [0.1, 0.15) is 51.9 Å². The summed E-state index contributed by atoms with van der Waals surface area (Å²) in [7, 11) is 6.00. The zero-order chi connectivity index (χ0) is 20.2. The van der Waals surface area contributed by atoms with Crippen LogP contribution in [0, 0.1) is 0 Å². The maximum Gasteiger partial charge on any atom is 0.255 e. The van der Waals surface area contributed by atoms with Gasteiger partial charge in [-0.15, -0.1) is 0 Å². The van der Waals surface area contributed by atoms with Crippen LogP contribution in [0.3, 0.4) is 0 Å². The summed E-state index contributed by atoms with van der Waals surface area (Å²) in [5, 5.41) is 10.7. The highest BCUT2D eigenvalue weighted by Crippen LogP contribution is 2.09. The van der Waals surface area contributed by atoms with Crippen molar-refractivity contribution in [1.82, 2.24) is 26.4 Å². The van der Waals surface area contributed by atoms with Crippen LogP contribution in [0.15, 0.2) is 22.8 Å². The predicted octanol–water partition coefficient (Wildman–Crippen LogP) is 0.699. The average Bonchev–Trinajstić information content (AvgIpc) is 2.71. The van der Waals surface area contributed by atoms with Crippen molar-refractivity contribution in [2.45, 2.75) is 51.9 Å². The van der Waals surface area contributed by atoms with E-state index in [1.54, 1.807) is 0 Å². The van der Waals surface area contributed by atoms with E-state index in [1.165, 1.54) is 42.7 Å². The Morgan fingerprint density at radius 1 is 1.25 bits per heavy atom. The molecule has 0 aromatic carbocycles. The molecule has 4 N–H and O–H groups in total. The van der Waals surface area contributed by atoms with Crippen LogP contribution in [0.25, 0.3) is 0 Å². The number of hydrazine groups is 1. The summed E-state index contributed by atoms with van der Waals surface area (Å²) >= 11 is 0. The van der Waals surface area contributed by atoms with Gasteiger partial charge in [0, 0.05) is 25.3 Å². The molecule has 2 aliphatic rings. The highest BCUT2D eigenvalue weighted by molar-refractivity contribution is 6.37. The van der Waals surface area contributed by atoms with Gasteiger partial charge in [0.1, 0.15) is 14.4 Å². The van der Waals surface area contributed by atoms with E-state index in [2.05, 4.69) is 34.4 Å². The van der Waals surface area contributed by atoms with Crippen LogP contribution in [-0.4, -0.2) is 63.9 Å². The van der Waals surface area contributed by atoms with Crippen LogP contribution in [0.4, 0.5) is 0 Å². The molecule has 2 rings (SSSR count). The number of hydrogen-bond acceptors (Lipinski definition) is 5. The lowest BCUT2D eigenvalue weighted by Gasteiger charge is -2.30. The van der Waals surface area contributed by atoms with Gasteiger partial charge in [0.25, 0.3) is 5.91 Å². The minimum Gasteiger partial charge on any atom is -0.388 e. The van der Waals surface area contributed by atoms with E-state index in [0.29, 0.717) is 13.1 Å². The Hall–Kier alpha value is -1.80. The lowest BCUT2D eigenvalue weighted by atomic mass is 9.90. The van der Waals surface area contributed by atoms with Crippen LogP contribution < -0.4 is 21.4 Å². The molecule has 0 unspecified atom stereocenters. The van der Waals surface area contributed by atoms with Gasteiger partial charge in [-0.25, -0.2) is 5.43 Å². The number of rotatable bonds is 12. The average molecular weight is 387 g/mol. The molecular formula is C20H34BN5O2. The summed E-state index contributed by atoms with van der Waals surface area (Å²) in [5.41, 5.74) is 5.11. The molecule has 154 valence electrons. The molecule has 2 aliphatic heterocycles. The second-order valence-electron chi connectivity index (χ2n) is 7.41. The molecule has 0 fully saturated rings. The van der Waals surface area contributed by atoms with Gasteiger partial charge in [0.15, 0.2) is 0 Å². The van der Waals surface area contributed by atoms with Gasteiger partial charge in [-0.2, -0.15) is 0 Å². The third kappa shape index (κ3) is 7.68. The van der Waals surface area contributed by atoms with Crippen molar-refractivity contribution < 1.29 is 9.59 Å². The summed E-state index contributed by atoms with van der Waals surface area (Å²) in [4.78, 5) is 24.6. The van der Waals surface area contributed by atoms with E-state index in [4.69, 9.17) is 7.85 Å². The Labute approximate surface area is 170 Å². The number of unbranched alkanes of at least 4 members (excludes halogenated alkanes) is 5. The van der Waals surface area contributed by atoms with Gasteiger partial charge >= 0.3 is 0 Å². The van der Waals surface area contributed by atoms with E-state index < -0.39 is 0 Å². The Bertz CT molecular complexity index is 591. The molecule has 28 heavy (non-hydrogen) atoms. The third-order valence-electron chi connectivity index (χ3n) is 5.09. The lowest BCUT2D eigenvalue weighted by molar-refractivity contribution is -0.136. The summed E-state index contributed by atoms with van der Waals surface area (Å²) in [6.45, 7) is 5.70. The second kappa shape index (κ2) is 12.6. The number of carbonyl (C=O) groups excluding carboxylic acids is 2. The lowest BCUT2D eigenvalue weighted by Crippen LogP contribution is -2.54. The largest absolute Gasteiger partial charge is 0.388 e. The summed E-state index contributed by atoms with van der Waals surface area (Å²) in [5.74, 6) is -0.551. The zero-order valence-electron chi connectivity index (χ0n) is 17.1. The van der Waals surface area contributed by atoms with Crippen molar-refractivity contribution in [2.75, 3.05) is 39.3 Å². The maximum absolute atomic E-state index is 12.4. The number of carbonyl (C=O) groups is 2. The predicted molar refractivity (Wildman–Crippen MR) is 112 cm³/mol. The Balaban J connectivity index is 1.68. The summed E-state index contributed by atoms with van der Waals surface area (Å²) in [6, 6.07) is 0. The van der Waals surface area contributed by atoms with E-state index in [-0.39, 0.29) is 23.8 Å². The van der Waals surface area contributed by atoms with Crippen molar-refractivity contribution in [3.8, 4) is 0 Å². The van der Waals surface area contributed by atoms with E-state index in [9.17, 15) is 9.59 Å². The fourth-order valence-electron chi connectivity index (χ4n) is 3.29. The molecule has 0 aliphatic carbocycles. The van der Waals surface area contributed by atoms with Crippen molar-refractivity contribution in [3.63, 3.8) is 0 Å². The Kier molecular flexibility index (Phi) is 10.1. The first-order valence-corrected chi connectivity index (χ1v) is 10.5. The van der Waals surface area contributed by atoms with Gasteiger partial charge in [0.05, 0.1) is 6.54 Å². The van der Waals surface area contributed by atoms with Gasteiger partial charge in [-0.3, -0.25) is 14.6 Å². The molecule has 0 bridgehead atoms. The van der Waals surface area contributed by atoms with Crippen molar-refractivity contribution in [1.29, 1.82) is 0 Å². The van der Waals surface area contributed by atoms with Crippen molar-refractivity contribution >= 4 is 19.7 Å². The maximum atomic E-state index is 12.4. The second-order valence-corrected chi connectivity index (χ2v) is 7.41. The number of nitrogens with one attached hydrogen (secondary N) is 4. The molecule has 2 heterocycles. The Morgan fingerprint density at radius 2 is 2.04 bits per heavy atom. The first-order chi connectivity index (χ1) is 13.6. The topological polar surface area (TPSA) is 85.5 Å². The Morgan fingerprint density at radius 3 is 2.79 bits per heavy atom. The fraction of sp³-hybridized carbons (Fsp3) is 0.700. The quantitative estimate of drug-likeness (QED) is 0.225. The molecule has 0 spiro atoms. The molecule has 0 saturated carbocycles. The van der Waals surface area contributed by atoms with Gasteiger partial charge in [-0.05, 0) is 24.9 Å². The van der Waals surface area contributed by atoms with E-state index in [1.807, 2.05) is 0 Å². The molecule has 0 saturated heterocycles. The SMILES string of the molecule is [B]C1=C(NCCCCCCCC)CNN(CC(=O)NCC2=CCNCC2)C1=O. The highest BCUT2D eigenvalue weighted by Gasteiger charge is 2.25. The van der Waals surface area contributed by atoms with Gasteiger partial charge in [0.2, 0.25) is 5.91 Å². The number of hydrogen-bond donors (Lipinski definition) is 4. The minimum atomic E-state index is -0.354. The minimum absolute atomic E-state index is 0.0459. The van der Waals surface area contributed by atoms with Crippen LogP contribution >= 0.6 is 0 Å². The molecule has 7 nitrogen and oxygen atoms in total. The van der Waals surface area contributed by atoms with Gasteiger partial charge < -0.3 is 16.0 Å². The highest BCUT2D eigenvalue weighted by atomic mass is 16.2. The molecule has 0 aromatic heterocycles. The monoisotopic (exact) mass is 387 g/mol. The molecule has 8 heteroatoms. The number of nitrogens with zero attached hydrogens (tertiary/aromatic N) is 1. The number of amides is 2. The summed E-state index contributed by atoms with van der Waals surface area (Å²) in [6.07, 6.45) is 10.3. The third-order valence-corrected chi connectivity index (χ3v) is 5.09. The van der Waals surface area contributed by atoms with Gasteiger partial charge in [-0.1, -0.05) is 50.7 Å². The van der Waals surface area contributed by atoms with E-state index >= 15 is 0 Å². The summed E-state index contributed by atoms with van der Waals surface area (Å²) < 4.78 is 0. The molecule has 2 amide bonds. The van der Waals surface area contributed by atoms with Crippen molar-refractivity contribution in [2.24, 2.45) is 0 Å². The molecule has 0 atom stereocenters. The first kappa shape index (κ1) is 22.5. The van der Waals surface area contributed by atoms with E-state index in [0.717, 1.165) is 38.2 Å². The standard InChI is InChI=1S/C20H34BN5O2/c1-2-3-4-5-6-7-10-23-17-14-25-26(20(28)19(17)21)15-18(27)24-13-16-8-11-22-12-9-16/h8,22-23,25H,2-7,9-15H2,1H3,(H,24,27). The molecule has 0 aromatic rings. The normalized spacial score (nSPS) is 17.5. The first-order valence-electron chi connectivity index (χ1n) is 10.5. The zero-order valence-corrected chi connectivity index (χ0v) is 17.1. The fourth-order valence-corrected chi connectivity index (χ4v) is 3.29. The van der Waals surface area contributed by atoms with Crippen molar-refractivity contribution in [3.05, 3.63) is 22.8 Å². The molecular weight excluding hydrogens is 353 g/mol. The van der Waals surface area contributed by atoms with Crippen LogP contribution in [-0.2, 0) is 9.59 Å².